The lowest BCUT2D eigenvalue weighted by Gasteiger charge is -2.35. The van der Waals surface area contributed by atoms with E-state index in [4.69, 9.17) is 9.47 Å². The van der Waals surface area contributed by atoms with Crippen LogP contribution in [0.3, 0.4) is 0 Å². The van der Waals surface area contributed by atoms with Crippen LogP contribution >= 0.6 is 0 Å². The predicted molar refractivity (Wildman–Crippen MR) is 218 cm³/mol. The van der Waals surface area contributed by atoms with Gasteiger partial charge in [0.2, 0.25) is 17.6 Å². The Hall–Kier alpha value is -5.90. The lowest BCUT2D eigenvalue weighted by molar-refractivity contribution is -0.136. The number of nitrogens with one attached hydrogen (secondary N) is 2. The minimum atomic E-state index is -1.35. The topological polar surface area (TPSA) is 155 Å². The fraction of sp³-hybridized carbons (Fsp3) is 0.455. The average molecular weight is 826 g/mol. The van der Waals surface area contributed by atoms with Crippen molar-refractivity contribution in [2.75, 3.05) is 43.5 Å². The molecule has 60 heavy (non-hydrogen) atoms. The first-order valence-corrected chi connectivity index (χ1v) is 20.6. The standard InChI is InChI=1S/C44H49F2N7O7/c1-44(2,3)60-43(58)53-33-22-36(47-23-26(33)21-34(53)31-9-6-17-50(31)4)48-40(55)28-10-12-35(39(46)38(28)45)59-20-16-25-14-18-51(19-15-25)30-8-5-7-27-29(30)24-52(42(27)57)32-11-13-37(54)49-41(32)56/h5,7-8,10,12,21-23,25,31-32H,6,9,11,13-20,24H2,1-4H3,(H,47,48,55)(H,49,54,56)/t31-,32?/m1/s1. The number of hydrogen-bond acceptors (Lipinski definition) is 10. The average Bonchev–Trinajstić information content (AvgIpc) is 3.90. The van der Waals surface area contributed by atoms with Crippen LogP contribution in [0.5, 0.6) is 5.75 Å². The fourth-order valence-corrected chi connectivity index (χ4v) is 8.90. The number of hydrogen-bond donors (Lipinski definition) is 2. The maximum Gasteiger partial charge on any atom is 0.419 e. The molecule has 2 aromatic heterocycles. The number of aromatic nitrogens is 2. The van der Waals surface area contributed by atoms with Gasteiger partial charge in [-0.15, -0.1) is 0 Å². The van der Waals surface area contributed by atoms with Crippen LogP contribution in [0.2, 0.25) is 0 Å². The number of benzene rings is 2. The van der Waals surface area contributed by atoms with Crippen LogP contribution in [-0.4, -0.2) is 94.0 Å². The van der Waals surface area contributed by atoms with Gasteiger partial charge in [-0.2, -0.15) is 4.39 Å². The highest BCUT2D eigenvalue weighted by atomic mass is 19.2. The minimum Gasteiger partial charge on any atom is -0.490 e. The molecule has 8 rings (SSSR count). The van der Waals surface area contributed by atoms with Gasteiger partial charge >= 0.3 is 6.09 Å². The van der Waals surface area contributed by atoms with Crippen LogP contribution in [0, 0.1) is 17.6 Å². The van der Waals surface area contributed by atoms with Crippen molar-refractivity contribution in [2.45, 2.75) is 89.9 Å². The van der Waals surface area contributed by atoms with Gasteiger partial charge in [0, 0.05) is 66.2 Å². The summed E-state index contributed by atoms with van der Waals surface area (Å²) in [4.78, 5) is 74.6. The molecule has 0 radical (unpaired) electrons. The highest BCUT2D eigenvalue weighted by Gasteiger charge is 2.40. The molecule has 4 amide bonds. The van der Waals surface area contributed by atoms with Crippen LogP contribution < -0.4 is 20.3 Å². The number of pyridine rings is 1. The zero-order chi connectivity index (χ0) is 42.5. The van der Waals surface area contributed by atoms with Crippen LogP contribution in [0.25, 0.3) is 10.9 Å². The molecule has 3 saturated heterocycles. The Morgan fingerprint density at radius 1 is 0.967 bits per heavy atom. The summed E-state index contributed by atoms with van der Waals surface area (Å²) in [6.45, 7) is 8.10. The van der Waals surface area contributed by atoms with Gasteiger partial charge in [-0.3, -0.25) is 29.4 Å². The summed E-state index contributed by atoms with van der Waals surface area (Å²) in [6.07, 6.45) is 5.51. The molecule has 0 bridgehead atoms. The first-order chi connectivity index (χ1) is 28.7. The SMILES string of the molecule is CN1CCC[C@@H]1c1cc2cnc(NC(=O)c3ccc(OCCC4CCN(c5cccc6c5CN(C5CCC(=O)NC5=O)C6=O)CC4)c(F)c3F)cc2n1C(=O)OC(C)(C)C. The largest absolute Gasteiger partial charge is 0.490 e. The van der Waals surface area contributed by atoms with Crippen molar-refractivity contribution in [1.29, 1.82) is 0 Å². The summed E-state index contributed by atoms with van der Waals surface area (Å²) in [6, 6.07) is 10.7. The molecular formula is C44H49F2N7O7. The zero-order valence-corrected chi connectivity index (χ0v) is 34.2. The third kappa shape index (κ3) is 8.04. The van der Waals surface area contributed by atoms with E-state index >= 15 is 8.78 Å². The van der Waals surface area contributed by atoms with E-state index in [9.17, 15) is 24.0 Å². The Morgan fingerprint density at radius 3 is 2.47 bits per heavy atom. The first-order valence-electron chi connectivity index (χ1n) is 20.6. The summed E-state index contributed by atoms with van der Waals surface area (Å²) in [5.74, 6) is -4.53. The fourth-order valence-electron chi connectivity index (χ4n) is 8.90. The Balaban J connectivity index is 0.874. The van der Waals surface area contributed by atoms with Crippen molar-refractivity contribution < 1.29 is 42.2 Å². The van der Waals surface area contributed by atoms with Gasteiger partial charge in [0.15, 0.2) is 11.6 Å². The Morgan fingerprint density at radius 2 is 1.75 bits per heavy atom. The summed E-state index contributed by atoms with van der Waals surface area (Å²) in [5, 5.41) is 5.56. The van der Waals surface area contributed by atoms with Crippen molar-refractivity contribution in [1.82, 2.24) is 24.7 Å². The number of anilines is 2. The molecule has 3 fully saturated rings. The second-order valence-corrected chi connectivity index (χ2v) is 17.1. The molecule has 4 aliphatic heterocycles. The number of carbonyl (C=O) groups is 5. The number of likely N-dealkylation sites (tertiary alicyclic amines) is 1. The van der Waals surface area contributed by atoms with Gasteiger partial charge in [0.05, 0.1) is 23.7 Å². The summed E-state index contributed by atoms with van der Waals surface area (Å²) in [7, 11) is 2.00. The maximum atomic E-state index is 15.4. The van der Waals surface area contributed by atoms with E-state index in [-0.39, 0.29) is 48.4 Å². The van der Waals surface area contributed by atoms with Gasteiger partial charge in [-0.25, -0.2) is 18.7 Å². The van der Waals surface area contributed by atoms with Crippen LogP contribution in [0.4, 0.5) is 25.1 Å². The molecule has 2 atom stereocenters. The van der Waals surface area contributed by atoms with E-state index in [2.05, 4.69) is 25.4 Å². The molecule has 2 aromatic carbocycles. The van der Waals surface area contributed by atoms with Crippen molar-refractivity contribution in [3.05, 3.63) is 82.7 Å². The Kier molecular flexibility index (Phi) is 11.1. The van der Waals surface area contributed by atoms with Crippen molar-refractivity contribution in [3.8, 4) is 5.75 Å². The van der Waals surface area contributed by atoms with Crippen molar-refractivity contribution in [2.24, 2.45) is 5.92 Å². The van der Waals surface area contributed by atoms with E-state index in [0.717, 1.165) is 49.2 Å². The molecule has 0 saturated carbocycles. The van der Waals surface area contributed by atoms with Crippen LogP contribution in [0.15, 0.2) is 48.7 Å². The molecule has 14 nitrogen and oxygen atoms in total. The van der Waals surface area contributed by atoms with E-state index in [1.807, 2.05) is 25.2 Å². The maximum absolute atomic E-state index is 15.4. The number of fused-ring (bicyclic) bond motifs is 2. The molecule has 0 spiro atoms. The number of ether oxygens (including phenoxy) is 2. The van der Waals surface area contributed by atoms with Gasteiger partial charge in [0.1, 0.15) is 17.5 Å². The molecule has 4 aromatic rings. The molecule has 4 aliphatic rings. The zero-order valence-electron chi connectivity index (χ0n) is 34.2. The highest BCUT2D eigenvalue weighted by Crippen LogP contribution is 2.38. The van der Waals surface area contributed by atoms with Crippen molar-refractivity contribution in [3.63, 3.8) is 0 Å². The van der Waals surface area contributed by atoms with Crippen LogP contribution in [0.1, 0.15) is 104 Å². The molecule has 6 heterocycles. The lowest BCUT2D eigenvalue weighted by atomic mass is 9.93. The number of carbonyl (C=O) groups excluding carboxylic acids is 5. The third-order valence-corrected chi connectivity index (χ3v) is 12.0. The smallest absolute Gasteiger partial charge is 0.419 e. The second kappa shape index (κ2) is 16.3. The number of rotatable bonds is 9. The molecule has 16 heteroatoms. The number of halogens is 2. The highest BCUT2D eigenvalue weighted by molar-refractivity contribution is 6.06. The number of amides is 4. The molecule has 2 N–H and O–H groups in total. The summed E-state index contributed by atoms with van der Waals surface area (Å²) >= 11 is 0. The first kappa shape index (κ1) is 40.9. The number of imide groups is 1. The van der Waals surface area contributed by atoms with E-state index in [1.165, 1.54) is 29.0 Å². The summed E-state index contributed by atoms with van der Waals surface area (Å²) < 4.78 is 43.7. The minimum absolute atomic E-state index is 0.0217. The lowest BCUT2D eigenvalue weighted by Crippen LogP contribution is -2.52. The molecule has 316 valence electrons. The molecule has 1 unspecified atom stereocenters. The van der Waals surface area contributed by atoms with Gasteiger partial charge in [-0.1, -0.05) is 6.07 Å². The predicted octanol–water partition coefficient (Wildman–Crippen LogP) is 6.56. The van der Waals surface area contributed by atoms with Gasteiger partial charge in [0.25, 0.3) is 11.8 Å². The van der Waals surface area contributed by atoms with Gasteiger partial charge in [-0.05, 0) is 109 Å². The number of piperidine rings is 2. The summed E-state index contributed by atoms with van der Waals surface area (Å²) in [5.41, 5.74) is 2.30. The second-order valence-electron chi connectivity index (χ2n) is 17.1. The normalized spacial score (nSPS) is 20.1. The van der Waals surface area contributed by atoms with E-state index in [1.54, 1.807) is 31.7 Å². The van der Waals surface area contributed by atoms with E-state index in [0.29, 0.717) is 48.9 Å². The third-order valence-electron chi connectivity index (χ3n) is 12.0. The van der Waals surface area contributed by atoms with Crippen LogP contribution in [-0.2, 0) is 20.9 Å². The molecule has 0 aliphatic carbocycles. The Bertz CT molecular complexity index is 2390. The quantitative estimate of drug-likeness (QED) is 0.177. The Labute approximate surface area is 346 Å². The van der Waals surface area contributed by atoms with Gasteiger partial charge < -0.3 is 24.6 Å². The molecular weight excluding hydrogens is 777 g/mol. The van der Waals surface area contributed by atoms with Crippen molar-refractivity contribution >= 4 is 52.1 Å². The number of nitrogens with zero attached hydrogens (tertiary/aromatic N) is 5. The van der Waals surface area contributed by atoms with E-state index < -0.39 is 46.7 Å². The monoisotopic (exact) mass is 825 g/mol.